The van der Waals surface area contributed by atoms with Crippen molar-refractivity contribution < 1.29 is 23.8 Å². The summed E-state index contributed by atoms with van der Waals surface area (Å²) in [5.74, 6) is -1.29. The third-order valence-electron chi connectivity index (χ3n) is 6.53. The van der Waals surface area contributed by atoms with Gasteiger partial charge in [-0.3, -0.25) is 10.1 Å². The first kappa shape index (κ1) is 23.2. The van der Waals surface area contributed by atoms with E-state index in [1.54, 1.807) is 19.1 Å². The zero-order valence-corrected chi connectivity index (χ0v) is 19.5. The second-order valence-electron chi connectivity index (χ2n) is 8.82. The van der Waals surface area contributed by atoms with E-state index in [9.17, 15) is 19.5 Å². The molecule has 1 fully saturated rings. The highest BCUT2D eigenvalue weighted by Gasteiger charge is 2.51. The number of nitrogens with one attached hydrogen (secondary N) is 1. The SMILES string of the molecule is CC(OC(=O)Nc1coc(=O)n1-c1ccc(-c2ccc(C3(C(=O)O)CC3)cc2)cc1)c1ccccc1. The van der Waals surface area contributed by atoms with Crippen LogP contribution in [0.4, 0.5) is 10.6 Å². The normalized spacial score (nSPS) is 14.6. The van der Waals surface area contributed by atoms with E-state index < -0.39 is 29.3 Å². The third kappa shape index (κ3) is 4.40. The summed E-state index contributed by atoms with van der Waals surface area (Å²) in [4.78, 5) is 36.4. The van der Waals surface area contributed by atoms with Crippen molar-refractivity contribution in [2.75, 3.05) is 5.32 Å². The van der Waals surface area contributed by atoms with Crippen LogP contribution in [0, 0.1) is 0 Å². The van der Waals surface area contributed by atoms with Crippen molar-refractivity contribution in [3.05, 3.63) is 107 Å². The van der Waals surface area contributed by atoms with Crippen LogP contribution >= 0.6 is 0 Å². The molecule has 0 radical (unpaired) electrons. The Bertz CT molecular complexity index is 1450. The Morgan fingerprint density at radius 3 is 2.17 bits per heavy atom. The minimum absolute atomic E-state index is 0.144. The summed E-state index contributed by atoms with van der Waals surface area (Å²) in [7, 11) is 0. The van der Waals surface area contributed by atoms with Gasteiger partial charge in [0, 0.05) is 0 Å². The molecule has 1 saturated carbocycles. The first-order chi connectivity index (χ1) is 17.4. The largest absolute Gasteiger partial charge is 0.481 e. The van der Waals surface area contributed by atoms with Crippen molar-refractivity contribution in [3.63, 3.8) is 0 Å². The van der Waals surface area contributed by atoms with E-state index in [0.717, 1.165) is 22.3 Å². The highest BCUT2D eigenvalue weighted by Crippen LogP contribution is 2.48. The molecule has 36 heavy (non-hydrogen) atoms. The highest BCUT2D eigenvalue weighted by molar-refractivity contribution is 5.85. The van der Waals surface area contributed by atoms with Gasteiger partial charge in [-0.15, -0.1) is 0 Å². The van der Waals surface area contributed by atoms with E-state index in [-0.39, 0.29) is 5.82 Å². The van der Waals surface area contributed by atoms with Gasteiger partial charge in [0.05, 0.1) is 11.1 Å². The first-order valence-electron chi connectivity index (χ1n) is 11.6. The molecule has 1 aliphatic rings. The Morgan fingerprint density at radius 1 is 0.972 bits per heavy atom. The molecule has 182 valence electrons. The smallest absolute Gasteiger partial charge is 0.425 e. The number of oxazole rings is 1. The minimum Gasteiger partial charge on any atom is -0.481 e. The van der Waals surface area contributed by atoms with Crippen molar-refractivity contribution in [2.45, 2.75) is 31.3 Å². The number of amides is 1. The number of benzene rings is 3. The maximum atomic E-state index is 12.4. The minimum atomic E-state index is -0.784. The van der Waals surface area contributed by atoms with Crippen molar-refractivity contribution in [1.82, 2.24) is 4.57 Å². The molecular formula is C28H24N2O6. The van der Waals surface area contributed by atoms with Crippen LogP contribution in [-0.4, -0.2) is 21.7 Å². The van der Waals surface area contributed by atoms with E-state index in [0.29, 0.717) is 18.5 Å². The lowest BCUT2D eigenvalue weighted by molar-refractivity contribution is -0.140. The van der Waals surface area contributed by atoms with E-state index in [1.165, 1.54) is 10.8 Å². The van der Waals surface area contributed by atoms with Crippen LogP contribution in [0.5, 0.6) is 0 Å². The monoisotopic (exact) mass is 484 g/mol. The number of anilines is 1. The molecule has 1 heterocycles. The van der Waals surface area contributed by atoms with E-state index in [1.807, 2.05) is 66.7 Å². The zero-order valence-electron chi connectivity index (χ0n) is 19.5. The molecule has 1 aromatic heterocycles. The highest BCUT2D eigenvalue weighted by atomic mass is 16.6. The summed E-state index contributed by atoms with van der Waals surface area (Å²) in [6.45, 7) is 1.76. The predicted octanol–water partition coefficient (Wildman–Crippen LogP) is 5.52. The molecule has 0 spiro atoms. The van der Waals surface area contributed by atoms with Gasteiger partial charge in [-0.25, -0.2) is 14.2 Å². The van der Waals surface area contributed by atoms with Crippen molar-refractivity contribution in [3.8, 4) is 16.8 Å². The number of rotatable bonds is 7. The number of carbonyl (C=O) groups excluding carboxylic acids is 1. The fourth-order valence-electron chi connectivity index (χ4n) is 4.26. The molecule has 1 unspecified atom stereocenters. The first-order valence-corrected chi connectivity index (χ1v) is 11.6. The number of hydrogen-bond donors (Lipinski definition) is 2. The van der Waals surface area contributed by atoms with Crippen molar-refractivity contribution >= 4 is 17.9 Å². The molecule has 1 atom stereocenters. The molecule has 0 bridgehead atoms. The predicted molar refractivity (Wildman–Crippen MR) is 133 cm³/mol. The lowest BCUT2D eigenvalue weighted by Gasteiger charge is -2.14. The average molecular weight is 485 g/mol. The van der Waals surface area contributed by atoms with Crippen molar-refractivity contribution in [2.24, 2.45) is 0 Å². The molecule has 0 saturated heterocycles. The molecule has 4 aromatic rings. The lowest BCUT2D eigenvalue weighted by atomic mass is 9.94. The number of hydrogen-bond acceptors (Lipinski definition) is 5. The Labute approximate surface area is 206 Å². The van der Waals surface area contributed by atoms with Gasteiger partial charge in [-0.1, -0.05) is 66.7 Å². The molecule has 0 aliphatic heterocycles. The van der Waals surface area contributed by atoms with Gasteiger partial charge in [0.15, 0.2) is 5.82 Å². The number of nitrogens with zero attached hydrogens (tertiary/aromatic N) is 1. The number of carboxylic acid groups (broad SMARTS) is 1. The molecule has 2 N–H and O–H groups in total. The zero-order chi connectivity index (χ0) is 25.3. The van der Waals surface area contributed by atoms with Crippen molar-refractivity contribution in [1.29, 1.82) is 0 Å². The Hall–Kier alpha value is -4.59. The average Bonchev–Trinajstić information content (AvgIpc) is 3.64. The summed E-state index contributed by atoms with van der Waals surface area (Å²) in [5.41, 5.74) is 3.23. The summed E-state index contributed by atoms with van der Waals surface area (Å²) in [5, 5.41) is 12.1. The van der Waals surface area contributed by atoms with Gasteiger partial charge >= 0.3 is 17.8 Å². The lowest BCUT2D eigenvalue weighted by Crippen LogP contribution is -2.21. The quantitative estimate of drug-likeness (QED) is 0.357. The maximum absolute atomic E-state index is 12.4. The summed E-state index contributed by atoms with van der Waals surface area (Å²) in [6.07, 6.45) is 1.29. The molecule has 3 aromatic carbocycles. The number of carbonyl (C=O) groups is 2. The summed E-state index contributed by atoms with van der Waals surface area (Å²) >= 11 is 0. The van der Waals surface area contributed by atoms with Crippen LogP contribution in [0.2, 0.25) is 0 Å². The summed E-state index contributed by atoms with van der Waals surface area (Å²) < 4.78 is 11.7. The van der Waals surface area contributed by atoms with Gasteiger partial charge in [0.2, 0.25) is 0 Å². The number of ether oxygens (including phenoxy) is 1. The second kappa shape index (κ2) is 9.22. The molecule has 8 nitrogen and oxygen atoms in total. The molecule has 1 aliphatic carbocycles. The summed E-state index contributed by atoms with van der Waals surface area (Å²) in [6, 6.07) is 24.0. The maximum Gasteiger partial charge on any atom is 0.425 e. The van der Waals surface area contributed by atoms with Crippen LogP contribution in [0.1, 0.15) is 37.0 Å². The Kier molecular flexibility index (Phi) is 5.93. The van der Waals surface area contributed by atoms with Crippen LogP contribution in [-0.2, 0) is 14.9 Å². The van der Waals surface area contributed by atoms with Crippen LogP contribution in [0.15, 0.2) is 94.3 Å². The Balaban J connectivity index is 1.31. The van der Waals surface area contributed by atoms with Gasteiger partial charge in [0.1, 0.15) is 12.4 Å². The standard InChI is InChI=1S/C28H24N2O6/c1-18(19-5-3-2-4-6-19)36-26(33)29-24-17-35-27(34)30(24)23-13-9-21(10-14-23)20-7-11-22(12-8-20)28(15-16-28)25(31)32/h2-14,17-18H,15-16H2,1H3,(H,29,33)(H,31,32). The fraction of sp³-hybridized carbons (Fsp3) is 0.179. The molecular weight excluding hydrogens is 460 g/mol. The van der Waals surface area contributed by atoms with Gasteiger partial charge in [-0.05, 0) is 54.2 Å². The third-order valence-corrected chi connectivity index (χ3v) is 6.53. The van der Waals surface area contributed by atoms with E-state index in [4.69, 9.17) is 9.15 Å². The molecule has 5 rings (SSSR count). The van der Waals surface area contributed by atoms with Gasteiger partial charge in [0.25, 0.3) is 0 Å². The van der Waals surface area contributed by atoms with Crippen LogP contribution in [0.25, 0.3) is 16.8 Å². The number of carboxylic acids is 1. The van der Waals surface area contributed by atoms with Crippen LogP contribution < -0.4 is 11.1 Å². The number of aliphatic carboxylic acids is 1. The van der Waals surface area contributed by atoms with E-state index in [2.05, 4.69) is 5.32 Å². The number of aromatic nitrogens is 1. The van der Waals surface area contributed by atoms with E-state index >= 15 is 0 Å². The molecule has 8 heteroatoms. The topological polar surface area (TPSA) is 111 Å². The molecule has 1 amide bonds. The van der Waals surface area contributed by atoms with Crippen LogP contribution in [0.3, 0.4) is 0 Å². The fourth-order valence-corrected chi connectivity index (χ4v) is 4.26. The second-order valence-corrected chi connectivity index (χ2v) is 8.82. The van der Waals surface area contributed by atoms with Gasteiger partial charge < -0.3 is 14.3 Å². The Morgan fingerprint density at radius 2 is 1.58 bits per heavy atom. The van der Waals surface area contributed by atoms with Gasteiger partial charge in [-0.2, -0.15) is 0 Å².